The summed E-state index contributed by atoms with van der Waals surface area (Å²) in [5, 5.41) is 0. The lowest BCUT2D eigenvalue weighted by molar-refractivity contribution is -0.157. The van der Waals surface area contributed by atoms with E-state index in [1.165, 1.54) is 0 Å². The molecule has 0 radical (unpaired) electrons. The minimum atomic E-state index is 0.846. The van der Waals surface area contributed by atoms with E-state index in [4.69, 9.17) is 0 Å². The zero-order valence-electron chi connectivity index (χ0n) is 7.35. The van der Waals surface area contributed by atoms with Crippen molar-refractivity contribution in [3.63, 3.8) is 0 Å². The SMILES string of the molecule is CC(C)C(C)C12CC(C1)C2. The standard InChI is InChI=1S/C10H18/c1-7(2)8(3)10-4-9(5-10)6-10/h7-9H,4-6H2,1-3H3. The average Bonchev–Trinajstić information content (AvgIpc) is 1.56. The van der Waals surface area contributed by atoms with Crippen molar-refractivity contribution in [1.82, 2.24) is 0 Å². The molecule has 1 unspecified atom stereocenters. The molecule has 3 aliphatic rings. The van der Waals surface area contributed by atoms with Gasteiger partial charge in [0.1, 0.15) is 0 Å². The third-order valence-electron chi connectivity index (χ3n) is 4.05. The Balaban J connectivity index is 1.98. The van der Waals surface area contributed by atoms with E-state index in [0.29, 0.717) is 0 Å². The molecule has 0 heterocycles. The Morgan fingerprint density at radius 3 is 1.70 bits per heavy atom. The van der Waals surface area contributed by atoms with Gasteiger partial charge in [0.05, 0.1) is 0 Å². The number of hydrogen-bond donors (Lipinski definition) is 0. The molecule has 58 valence electrons. The molecule has 3 fully saturated rings. The minimum absolute atomic E-state index is 0.846. The van der Waals surface area contributed by atoms with Crippen molar-refractivity contribution in [2.75, 3.05) is 0 Å². The van der Waals surface area contributed by atoms with Crippen molar-refractivity contribution in [3.8, 4) is 0 Å². The Bertz CT molecular complexity index is 129. The van der Waals surface area contributed by atoms with Crippen molar-refractivity contribution in [2.45, 2.75) is 40.0 Å². The van der Waals surface area contributed by atoms with Crippen molar-refractivity contribution >= 4 is 0 Å². The molecule has 0 spiro atoms. The van der Waals surface area contributed by atoms with Crippen LogP contribution in [0.5, 0.6) is 0 Å². The van der Waals surface area contributed by atoms with E-state index in [0.717, 1.165) is 23.2 Å². The molecular weight excluding hydrogens is 120 g/mol. The molecule has 1 atom stereocenters. The Labute approximate surface area is 64.0 Å². The van der Waals surface area contributed by atoms with Crippen LogP contribution >= 0.6 is 0 Å². The molecule has 0 aliphatic heterocycles. The van der Waals surface area contributed by atoms with Crippen LogP contribution in [0.3, 0.4) is 0 Å². The lowest BCUT2D eigenvalue weighted by atomic mass is 9.39. The first-order valence-corrected chi connectivity index (χ1v) is 4.64. The molecule has 0 amide bonds. The highest BCUT2D eigenvalue weighted by molar-refractivity contribution is 5.09. The Morgan fingerprint density at radius 2 is 1.60 bits per heavy atom. The van der Waals surface area contributed by atoms with Crippen molar-refractivity contribution in [1.29, 1.82) is 0 Å². The van der Waals surface area contributed by atoms with Gasteiger partial charge in [0.2, 0.25) is 0 Å². The summed E-state index contributed by atoms with van der Waals surface area (Å²) in [5.41, 5.74) is 0.846. The van der Waals surface area contributed by atoms with Gasteiger partial charge in [-0.1, -0.05) is 20.8 Å². The van der Waals surface area contributed by atoms with Crippen LogP contribution in [0, 0.1) is 23.2 Å². The van der Waals surface area contributed by atoms with Crippen LogP contribution in [0.15, 0.2) is 0 Å². The van der Waals surface area contributed by atoms with Crippen molar-refractivity contribution in [3.05, 3.63) is 0 Å². The van der Waals surface area contributed by atoms with Gasteiger partial charge >= 0.3 is 0 Å². The zero-order valence-corrected chi connectivity index (χ0v) is 7.35. The Kier molecular flexibility index (Phi) is 1.19. The fraction of sp³-hybridized carbons (Fsp3) is 1.00. The average molecular weight is 138 g/mol. The largest absolute Gasteiger partial charge is 0.0625 e. The minimum Gasteiger partial charge on any atom is -0.0625 e. The quantitative estimate of drug-likeness (QED) is 0.550. The van der Waals surface area contributed by atoms with Crippen LogP contribution in [0.25, 0.3) is 0 Å². The van der Waals surface area contributed by atoms with Gasteiger partial charge in [-0.3, -0.25) is 0 Å². The van der Waals surface area contributed by atoms with E-state index in [1.807, 2.05) is 0 Å². The summed E-state index contributed by atoms with van der Waals surface area (Å²) in [4.78, 5) is 0. The second-order valence-electron chi connectivity index (χ2n) is 4.87. The van der Waals surface area contributed by atoms with Crippen LogP contribution in [-0.4, -0.2) is 0 Å². The highest BCUT2D eigenvalue weighted by Gasteiger charge is 2.59. The van der Waals surface area contributed by atoms with Crippen LogP contribution in [0.2, 0.25) is 0 Å². The first kappa shape index (κ1) is 6.69. The summed E-state index contributed by atoms with van der Waals surface area (Å²) in [6.45, 7) is 7.18. The van der Waals surface area contributed by atoms with E-state index >= 15 is 0 Å². The van der Waals surface area contributed by atoms with Gasteiger partial charge < -0.3 is 0 Å². The van der Waals surface area contributed by atoms with Crippen LogP contribution in [-0.2, 0) is 0 Å². The van der Waals surface area contributed by atoms with Gasteiger partial charge in [-0.2, -0.15) is 0 Å². The highest BCUT2D eigenvalue weighted by atomic mass is 14.6. The second kappa shape index (κ2) is 1.78. The van der Waals surface area contributed by atoms with Gasteiger partial charge in [-0.05, 0) is 42.4 Å². The zero-order chi connectivity index (χ0) is 7.35. The van der Waals surface area contributed by atoms with Gasteiger partial charge in [0.15, 0.2) is 0 Å². The summed E-state index contributed by atoms with van der Waals surface area (Å²) >= 11 is 0. The monoisotopic (exact) mass is 138 g/mol. The smallest absolute Gasteiger partial charge is 0.0261 e. The number of hydrogen-bond acceptors (Lipinski definition) is 0. The molecule has 3 saturated carbocycles. The Morgan fingerprint density at radius 1 is 1.10 bits per heavy atom. The van der Waals surface area contributed by atoms with E-state index in [2.05, 4.69) is 20.8 Å². The van der Waals surface area contributed by atoms with E-state index in [9.17, 15) is 0 Å². The Hall–Kier alpha value is 0. The third-order valence-corrected chi connectivity index (χ3v) is 4.05. The molecule has 3 aliphatic carbocycles. The molecule has 3 rings (SSSR count). The molecule has 0 aromatic rings. The molecule has 0 aromatic carbocycles. The lowest BCUT2D eigenvalue weighted by Gasteiger charge is -2.66. The lowest BCUT2D eigenvalue weighted by Crippen LogP contribution is -2.56. The molecule has 0 N–H and O–H groups in total. The predicted molar refractivity (Wildman–Crippen MR) is 43.8 cm³/mol. The summed E-state index contributed by atoms with van der Waals surface area (Å²) in [6, 6.07) is 0. The molecule has 0 aromatic heterocycles. The summed E-state index contributed by atoms with van der Waals surface area (Å²) < 4.78 is 0. The van der Waals surface area contributed by atoms with Gasteiger partial charge in [-0.25, -0.2) is 0 Å². The normalized spacial score (nSPS) is 46.2. The fourth-order valence-corrected chi connectivity index (χ4v) is 2.81. The molecule has 0 nitrogen and oxygen atoms in total. The van der Waals surface area contributed by atoms with Crippen LogP contribution in [0.1, 0.15) is 40.0 Å². The molecule has 0 heteroatoms. The summed E-state index contributed by atoms with van der Waals surface area (Å²) in [7, 11) is 0. The van der Waals surface area contributed by atoms with Gasteiger partial charge in [0.25, 0.3) is 0 Å². The predicted octanol–water partition coefficient (Wildman–Crippen LogP) is 3.08. The highest BCUT2D eigenvalue weighted by Crippen LogP contribution is 2.69. The summed E-state index contributed by atoms with van der Waals surface area (Å²) in [5.74, 6) is 3.04. The molecular formula is C10H18. The fourth-order valence-electron chi connectivity index (χ4n) is 2.81. The topological polar surface area (TPSA) is 0 Å². The molecule has 0 saturated heterocycles. The molecule has 10 heavy (non-hydrogen) atoms. The number of rotatable bonds is 2. The van der Waals surface area contributed by atoms with Gasteiger partial charge in [0, 0.05) is 0 Å². The maximum atomic E-state index is 2.44. The van der Waals surface area contributed by atoms with E-state index in [1.54, 1.807) is 19.3 Å². The van der Waals surface area contributed by atoms with E-state index < -0.39 is 0 Å². The van der Waals surface area contributed by atoms with Crippen molar-refractivity contribution < 1.29 is 0 Å². The first-order valence-electron chi connectivity index (χ1n) is 4.64. The maximum Gasteiger partial charge on any atom is -0.0261 e. The second-order valence-corrected chi connectivity index (χ2v) is 4.87. The first-order chi connectivity index (χ1) is 4.64. The van der Waals surface area contributed by atoms with Gasteiger partial charge in [-0.15, -0.1) is 0 Å². The summed E-state index contributed by atoms with van der Waals surface area (Å²) in [6.07, 6.45) is 4.69. The van der Waals surface area contributed by atoms with Crippen molar-refractivity contribution in [2.24, 2.45) is 23.2 Å². The maximum absolute atomic E-state index is 2.44. The van der Waals surface area contributed by atoms with Crippen LogP contribution in [0.4, 0.5) is 0 Å². The molecule has 2 bridgehead atoms. The van der Waals surface area contributed by atoms with E-state index in [-0.39, 0.29) is 0 Å². The third kappa shape index (κ3) is 0.627. The van der Waals surface area contributed by atoms with Crippen LogP contribution < -0.4 is 0 Å².